The zero-order chi connectivity index (χ0) is 13.1. The molecule has 0 heterocycles. The van der Waals surface area contributed by atoms with E-state index in [1.807, 2.05) is 30.0 Å². The highest BCUT2D eigenvalue weighted by Gasteiger charge is 2.29. The maximum atomic E-state index is 12.6. The summed E-state index contributed by atoms with van der Waals surface area (Å²) in [7, 11) is 0. The van der Waals surface area contributed by atoms with Gasteiger partial charge in [0.15, 0.2) is 0 Å². The molecule has 1 aliphatic carbocycles. The Morgan fingerprint density at radius 2 is 2.17 bits per heavy atom. The highest BCUT2D eigenvalue weighted by molar-refractivity contribution is 9.10. The van der Waals surface area contributed by atoms with Crippen LogP contribution in [0.4, 0.5) is 0 Å². The van der Waals surface area contributed by atoms with Gasteiger partial charge in [-0.25, -0.2) is 0 Å². The van der Waals surface area contributed by atoms with Crippen molar-refractivity contribution in [3.8, 4) is 0 Å². The average Bonchev–Trinajstić information content (AvgIpc) is 2.28. The fourth-order valence-corrected chi connectivity index (χ4v) is 2.96. The van der Waals surface area contributed by atoms with E-state index in [4.69, 9.17) is 0 Å². The first-order chi connectivity index (χ1) is 8.63. The highest BCUT2D eigenvalue weighted by atomic mass is 79.9. The molecule has 0 N–H and O–H groups in total. The van der Waals surface area contributed by atoms with E-state index >= 15 is 0 Å². The summed E-state index contributed by atoms with van der Waals surface area (Å²) in [6.45, 7) is 2.78. The number of carbonyl (C=O) groups is 1. The van der Waals surface area contributed by atoms with Gasteiger partial charge in [0, 0.05) is 28.0 Å². The van der Waals surface area contributed by atoms with Gasteiger partial charge in [0.1, 0.15) is 0 Å². The number of hydrogen-bond acceptors (Lipinski definition) is 1. The van der Waals surface area contributed by atoms with Crippen LogP contribution in [0, 0.1) is 6.92 Å². The Balaban J connectivity index is 2.23. The van der Waals surface area contributed by atoms with Crippen LogP contribution in [0.15, 0.2) is 22.7 Å². The summed E-state index contributed by atoms with van der Waals surface area (Å²) < 4.78 is 0.962. The quantitative estimate of drug-likeness (QED) is 0.725. The maximum Gasteiger partial charge on any atom is 0.254 e. The Morgan fingerprint density at radius 1 is 1.44 bits per heavy atom. The minimum Gasteiger partial charge on any atom is -0.335 e. The second-order valence-corrected chi connectivity index (χ2v) is 6.44. The van der Waals surface area contributed by atoms with Gasteiger partial charge in [0.05, 0.1) is 0 Å². The molecule has 0 aliphatic heterocycles. The number of hydrogen-bond donors (Lipinski definition) is 0. The van der Waals surface area contributed by atoms with Crippen molar-refractivity contribution < 1.29 is 4.79 Å². The minimum absolute atomic E-state index is 0.165. The van der Waals surface area contributed by atoms with Crippen LogP contribution in [0.5, 0.6) is 0 Å². The molecule has 0 bridgehead atoms. The molecule has 1 aromatic carbocycles. The first-order valence-electron chi connectivity index (χ1n) is 6.26. The van der Waals surface area contributed by atoms with Crippen molar-refractivity contribution in [2.45, 2.75) is 32.2 Å². The van der Waals surface area contributed by atoms with Gasteiger partial charge >= 0.3 is 0 Å². The van der Waals surface area contributed by atoms with Crippen molar-refractivity contribution in [1.29, 1.82) is 0 Å². The van der Waals surface area contributed by atoms with E-state index in [0.29, 0.717) is 6.04 Å². The summed E-state index contributed by atoms with van der Waals surface area (Å²) in [5, 5.41) is 0.836. The molecule has 2 nitrogen and oxygen atoms in total. The van der Waals surface area contributed by atoms with Gasteiger partial charge in [0.25, 0.3) is 5.91 Å². The van der Waals surface area contributed by atoms with Crippen LogP contribution in [0.3, 0.4) is 0 Å². The van der Waals surface area contributed by atoms with Crippen LogP contribution in [-0.4, -0.2) is 28.7 Å². The van der Waals surface area contributed by atoms with E-state index in [1.54, 1.807) is 0 Å². The Bertz CT molecular complexity index is 443. The molecular formula is C14H17Br2NO. The molecule has 4 heteroatoms. The molecular weight excluding hydrogens is 358 g/mol. The lowest BCUT2D eigenvalue weighted by Gasteiger charge is -2.37. The molecule has 2 rings (SSSR count). The van der Waals surface area contributed by atoms with Gasteiger partial charge in [0.2, 0.25) is 0 Å². The van der Waals surface area contributed by atoms with Gasteiger partial charge in [-0.05, 0) is 43.9 Å². The third kappa shape index (κ3) is 2.97. The third-order valence-corrected chi connectivity index (χ3v) is 4.38. The lowest BCUT2D eigenvalue weighted by Crippen LogP contribution is -2.45. The Kier molecular flexibility index (Phi) is 4.84. The van der Waals surface area contributed by atoms with Crippen LogP contribution >= 0.6 is 31.9 Å². The predicted molar refractivity (Wildman–Crippen MR) is 81.3 cm³/mol. The predicted octanol–water partition coefficient (Wildman–Crippen LogP) is 4.15. The minimum atomic E-state index is 0.165. The highest BCUT2D eigenvalue weighted by Crippen LogP contribution is 2.27. The molecule has 0 saturated heterocycles. The molecule has 1 aliphatic rings. The largest absolute Gasteiger partial charge is 0.335 e. The summed E-state index contributed by atoms with van der Waals surface area (Å²) >= 11 is 6.88. The second kappa shape index (κ2) is 6.20. The normalized spacial score (nSPS) is 15.3. The average molecular weight is 375 g/mol. The number of alkyl halides is 1. The number of halogens is 2. The summed E-state index contributed by atoms with van der Waals surface area (Å²) in [6, 6.07) is 6.33. The zero-order valence-corrected chi connectivity index (χ0v) is 13.6. The van der Waals surface area contributed by atoms with Crippen LogP contribution in [-0.2, 0) is 0 Å². The lowest BCUT2D eigenvalue weighted by molar-refractivity contribution is 0.0599. The van der Waals surface area contributed by atoms with Crippen LogP contribution in [0.1, 0.15) is 35.2 Å². The fraction of sp³-hybridized carbons (Fsp3) is 0.500. The number of benzene rings is 1. The molecule has 1 saturated carbocycles. The Morgan fingerprint density at radius 3 is 2.72 bits per heavy atom. The van der Waals surface area contributed by atoms with E-state index in [1.165, 1.54) is 6.42 Å². The Hall–Kier alpha value is -0.350. The topological polar surface area (TPSA) is 20.3 Å². The molecule has 0 atom stereocenters. The van der Waals surface area contributed by atoms with Crippen LogP contribution < -0.4 is 0 Å². The Labute approximate surface area is 125 Å². The summed E-state index contributed by atoms with van der Waals surface area (Å²) in [5.41, 5.74) is 1.86. The first kappa shape index (κ1) is 14.1. The van der Waals surface area contributed by atoms with Crippen molar-refractivity contribution >= 4 is 37.8 Å². The number of aryl methyl sites for hydroxylation is 1. The molecule has 98 valence electrons. The van der Waals surface area contributed by atoms with E-state index in [0.717, 1.165) is 40.3 Å². The third-order valence-electron chi connectivity index (χ3n) is 3.53. The lowest BCUT2D eigenvalue weighted by atomic mass is 9.90. The van der Waals surface area contributed by atoms with Crippen molar-refractivity contribution in [2.24, 2.45) is 0 Å². The van der Waals surface area contributed by atoms with Gasteiger partial charge in [-0.3, -0.25) is 4.79 Å². The van der Waals surface area contributed by atoms with Gasteiger partial charge in [-0.1, -0.05) is 37.9 Å². The SMILES string of the molecule is Cc1ccc(Br)cc1C(=O)N(CCBr)C1CCC1. The smallest absolute Gasteiger partial charge is 0.254 e. The fourth-order valence-electron chi connectivity index (χ4n) is 2.22. The van der Waals surface area contributed by atoms with Crippen molar-refractivity contribution in [1.82, 2.24) is 4.90 Å². The molecule has 0 aromatic heterocycles. The maximum absolute atomic E-state index is 12.6. The molecule has 0 unspecified atom stereocenters. The van der Waals surface area contributed by atoms with Gasteiger partial charge in [-0.2, -0.15) is 0 Å². The number of amides is 1. The number of carbonyl (C=O) groups excluding carboxylic acids is 1. The zero-order valence-electron chi connectivity index (χ0n) is 10.5. The van der Waals surface area contributed by atoms with Crippen molar-refractivity contribution in [2.75, 3.05) is 11.9 Å². The summed E-state index contributed by atoms with van der Waals surface area (Å²) in [4.78, 5) is 14.6. The van der Waals surface area contributed by atoms with Gasteiger partial charge in [-0.15, -0.1) is 0 Å². The monoisotopic (exact) mass is 373 g/mol. The van der Waals surface area contributed by atoms with E-state index in [2.05, 4.69) is 31.9 Å². The molecule has 1 fully saturated rings. The van der Waals surface area contributed by atoms with Crippen molar-refractivity contribution in [3.63, 3.8) is 0 Å². The van der Waals surface area contributed by atoms with Crippen LogP contribution in [0.25, 0.3) is 0 Å². The molecule has 0 radical (unpaired) electrons. The summed E-state index contributed by atoms with van der Waals surface area (Å²) in [6.07, 6.45) is 3.53. The first-order valence-corrected chi connectivity index (χ1v) is 8.18. The van der Waals surface area contributed by atoms with E-state index in [-0.39, 0.29) is 5.91 Å². The van der Waals surface area contributed by atoms with Crippen LogP contribution in [0.2, 0.25) is 0 Å². The molecule has 0 spiro atoms. The molecule has 1 amide bonds. The molecule has 1 aromatic rings. The standard InChI is InChI=1S/C14H17Br2NO/c1-10-5-6-11(16)9-13(10)14(18)17(8-7-15)12-3-2-4-12/h5-6,9,12H,2-4,7-8H2,1H3. The number of rotatable bonds is 4. The van der Waals surface area contributed by atoms with Gasteiger partial charge < -0.3 is 4.90 Å². The van der Waals surface area contributed by atoms with E-state index in [9.17, 15) is 4.79 Å². The van der Waals surface area contributed by atoms with Crippen molar-refractivity contribution in [3.05, 3.63) is 33.8 Å². The number of nitrogens with zero attached hydrogens (tertiary/aromatic N) is 1. The van der Waals surface area contributed by atoms with E-state index < -0.39 is 0 Å². The molecule has 18 heavy (non-hydrogen) atoms. The second-order valence-electron chi connectivity index (χ2n) is 4.73. The summed E-state index contributed by atoms with van der Waals surface area (Å²) in [5.74, 6) is 0.165.